The summed E-state index contributed by atoms with van der Waals surface area (Å²) in [5, 5.41) is 5.27. The maximum absolute atomic E-state index is 13.4. The number of carbonyl (C=O) groups is 1. The Hall–Kier alpha value is -2.76. The van der Waals surface area contributed by atoms with Gasteiger partial charge in [0.15, 0.2) is 5.65 Å². The van der Waals surface area contributed by atoms with E-state index in [0.717, 1.165) is 46.4 Å². The molecule has 2 aromatic heterocycles. The summed E-state index contributed by atoms with van der Waals surface area (Å²) >= 11 is 0. The first kappa shape index (κ1) is 15.7. The monoisotopic (exact) mass is 339 g/mol. The molecule has 0 saturated heterocycles. The van der Waals surface area contributed by atoms with Gasteiger partial charge in [0.1, 0.15) is 5.82 Å². The number of methoxy groups -OCH3 is 1. The van der Waals surface area contributed by atoms with E-state index < -0.39 is 5.97 Å². The molecule has 0 N–H and O–H groups in total. The van der Waals surface area contributed by atoms with Crippen molar-refractivity contribution >= 4 is 17.0 Å². The second-order valence-corrected chi connectivity index (χ2v) is 6.43. The van der Waals surface area contributed by atoms with E-state index in [0.29, 0.717) is 5.56 Å². The number of carbonyl (C=O) groups excluding carboxylic acids is 1. The Bertz CT molecular complexity index is 988. The molecule has 2 heterocycles. The third kappa shape index (κ3) is 2.49. The minimum atomic E-state index is -0.418. The topological polar surface area (TPSA) is 57.0 Å². The van der Waals surface area contributed by atoms with Gasteiger partial charge < -0.3 is 4.74 Å². The number of aryl methyl sites for hydroxylation is 2. The zero-order chi connectivity index (χ0) is 17.7. The van der Waals surface area contributed by atoms with Crippen LogP contribution in [0.15, 0.2) is 24.3 Å². The summed E-state index contributed by atoms with van der Waals surface area (Å²) in [5.74, 6) is -0.481. The number of benzene rings is 1. The van der Waals surface area contributed by atoms with E-state index in [1.54, 1.807) is 16.8 Å². The van der Waals surface area contributed by atoms with Gasteiger partial charge in [0.05, 0.1) is 29.4 Å². The maximum atomic E-state index is 13.4. The first-order valence-electron chi connectivity index (χ1n) is 8.22. The number of ether oxygens (including phenoxy) is 1. The predicted octanol–water partition coefficient (Wildman–Crippen LogP) is 3.75. The zero-order valence-electron chi connectivity index (χ0n) is 14.3. The largest absolute Gasteiger partial charge is 0.465 e. The summed E-state index contributed by atoms with van der Waals surface area (Å²) in [6, 6.07) is 6.15. The molecule has 128 valence electrons. The number of hydrogen-bond donors (Lipinski definition) is 0. The molecule has 0 radical (unpaired) electrons. The van der Waals surface area contributed by atoms with E-state index in [1.807, 2.05) is 14.0 Å². The van der Waals surface area contributed by atoms with Crippen LogP contribution in [0.1, 0.15) is 40.5 Å². The molecular formula is C19H18FN3O2. The van der Waals surface area contributed by atoms with Crippen molar-refractivity contribution in [3.63, 3.8) is 0 Å². The van der Waals surface area contributed by atoms with Crippen molar-refractivity contribution in [3.05, 3.63) is 47.0 Å². The molecule has 6 heteroatoms. The smallest absolute Gasteiger partial charge is 0.340 e. The number of fused-ring (bicyclic) bond motifs is 1. The number of rotatable bonds is 3. The fourth-order valence-electron chi connectivity index (χ4n) is 3.36. The fraction of sp³-hybridized carbons (Fsp3) is 0.316. The van der Waals surface area contributed by atoms with Crippen LogP contribution < -0.4 is 0 Å². The van der Waals surface area contributed by atoms with Crippen LogP contribution >= 0.6 is 0 Å². The van der Waals surface area contributed by atoms with E-state index in [1.165, 1.54) is 19.2 Å². The van der Waals surface area contributed by atoms with Crippen molar-refractivity contribution in [2.45, 2.75) is 25.7 Å². The minimum Gasteiger partial charge on any atom is -0.465 e. The highest BCUT2D eigenvalue weighted by Crippen LogP contribution is 2.45. The Morgan fingerprint density at radius 2 is 1.96 bits per heavy atom. The highest BCUT2D eigenvalue weighted by molar-refractivity contribution is 6.08. The molecule has 0 aliphatic heterocycles. The van der Waals surface area contributed by atoms with Gasteiger partial charge in [0, 0.05) is 18.5 Å². The number of esters is 1. The molecule has 3 aromatic rings. The maximum Gasteiger partial charge on any atom is 0.340 e. The van der Waals surface area contributed by atoms with Crippen LogP contribution in [0.3, 0.4) is 0 Å². The van der Waals surface area contributed by atoms with E-state index in [2.05, 4.69) is 5.10 Å². The molecule has 1 aliphatic carbocycles. The fourth-order valence-corrected chi connectivity index (χ4v) is 3.36. The first-order valence-corrected chi connectivity index (χ1v) is 8.22. The quantitative estimate of drug-likeness (QED) is 0.682. The highest BCUT2D eigenvalue weighted by atomic mass is 19.1. The van der Waals surface area contributed by atoms with Crippen molar-refractivity contribution in [3.8, 4) is 11.1 Å². The molecule has 0 spiro atoms. The molecular weight excluding hydrogens is 321 g/mol. The molecule has 0 amide bonds. The number of hydrogen-bond acceptors (Lipinski definition) is 4. The summed E-state index contributed by atoms with van der Waals surface area (Å²) in [4.78, 5) is 17.4. The van der Waals surface area contributed by atoms with Gasteiger partial charge in [-0.15, -0.1) is 0 Å². The van der Waals surface area contributed by atoms with Crippen LogP contribution in [0.2, 0.25) is 0 Å². The Morgan fingerprint density at radius 3 is 2.56 bits per heavy atom. The van der Waals surface area contributed by atoms with Gasteiger partial charge in [-0.2, -0.15) is 5.10 Å². The molecule has 1 aromatic carbocycles. The van der Waals surface area contributed by atoms with E-state index >= 15 is 0 Å². The Balaban J connectivity index is 2.15. The Morgan fingerprint density at radius 1 is 1.28 bits per heavy atom. The summed E-state index contributed by atoms with van der Waals surface area (Å²) in [7, 11) is 3.21. The number of nitrogens with zero attached hydrogens (tertiary/aromatic N) is 3. The molecule has 4 rings (SSSR count). The lowest BCUT2D eigenvalue weighted by Gasteiger charge is -2.15. The third-order valence-electron chi connectivity index (χ3n) is 4.66. The molecule has 5 nitrogen and oxygen atoms in total. The van der Waals surface area contributed by atoms with Gasteiger partial charge in [0.2, 0.25) is 0 Å². The van der Waals surface area contributed by atoms with Gasteiger partial charge in [-0.25, -0.2) is 14.2 Å². The molecule has 0 bridgehead atoms. The Kier molecular flexibility index (Phi) is 3.56. The van der Waals surface area contributed by atoms with E-state index in [-0.39, 0.29) is 11.7 Å². The van der Waals surface area contributed by atoms with Crippen LogP contribution in [0, 0.1) is 12.7 Å². The average Bonchev–Trinajstić information content (AvgIpc) is 3.40. The lowest BCUT2D eigenvalue weighted by atomic mass is 9.93. The summed E-state index contributed by atoms with van der Waals surface area (Å²) in [5.41, 5.74) is 4.21. The predicted molar refractivity (Wildman–Crippen MR) is 92.0 cm³/mol. The molecule has 1 aliphatic rings. The van der Waals surface area contributed by atoms with E-state index in [4.69, 9.17) is 9.72 Å². The first-order chi connectivity index (χ1) is 12.0. The zero-order valence-corrected chi connectivity index (χ0v) is 14.3. The lowest BCUT2D eigenvalue weighted by molar-refractivity contribution is 0.0600. The molecule has 25 heavy (non-hydrogen) atoms. The number of halogens is 1. The van der Waals surface area contributed by atoms with Crippen LogP contribution in [-0.2, 0) is 11.8 Å². The van der Waals surface area contributed by atoms with E-state index in [9.17, 15) is 9.18 Å². The number of pyridine rings is 1. The third-order valence-corrected chi connectivity index (χ3v) is 4.66. The molecule has 1 saturated carbocycles. The average molecular weight is 339 g/mol. The molecule has 0 atom stereocenters. The van der Waals surface area contributed by atoms with Gasteiger partial charge in [-0.1, -0.05) is 12.1 Å². The Labute approximate surface area is 144 Å². The summed E-state index contributed by atoms with van der Waals surface area (Å²) in [6.07, 6.45) is 2.00. The van der Waals surface area contributed by atoms with Gasteiger partial charge in [-0.3, -0.25) is 4.68 Å². The normalized spacial score (nSPS) is 14.1. The summed E-state index contributed by atoms with van der Waals surface area (Å²) in [6.45, 7) is 1.88. The van der Waals surface area contributed by atoms with Crippen LogP contribution in [0.25, 0.3) is 22.2 Å². The van der Waals surface area contributed by atoms with Gasteiger partial charge in [-0.05, 0) is 37.5 Å². The SMILES string of the molecule is COC(=O)c1c(C2CC2)nc2c(c(C)nn2C)c1-c1ccc(F)cc1. The highest BCUT2D eigenvalue weighted by Gasteiger charge is 2.34. The van der Waals surface area contributed by atoms with Gasteiger partial charge >= 0.3 is 5.97 Å². The van der Waals surface area contributed by atoms with Crippen molar-refractivity contribution in [1.82, 2.24) is 14.8 Å². The van der Waals surface area contributed by atoms with Crippen molar-refractivity contribution in [2.24, 2.45) is 7.05 Å². The standard InChI is InChI=1S/C19H18FN3O2/c1-10-14-15(11-6-8-13(20)9-7-11)16(19(24)25-3)17(12-4-5-12)21-18(14)23(2)22-10/h6-9,12H,4-5H2,1-3H3. The lowest BCUT2D eigenvalue weighted by Crippen LogP contribution is -2.11. The van der Waals surface area contributed by atoms with Crippen LogP contribution in [0.5, 0.6) is 0 Å². The van der Waals surface area contributed by atoms with Crippen LogP contribution in [-0.4, -0.2) is 27.8 Å². The van der Waals surface area contributed by atoms with Crippen molar-refractivity contribution < 1.29 is 13.9 Å². The van der Waals surface area contributed by atoms with Crippen molar-refractivity contribution in [1.29, 1.82) is 0 Å². The second-order valence-electron chi connectivity index (χ2n) is 6.43. The second kappa shape index (κ2) is 5.65. The number of aromatic nitrogens is 3. The molecule has 1 fully saturated rings. The molecule has 0 unspecified atom stereocenters. The summed E-state index contributed by atoms with van der Waals surface area (Å²) < 4.78 is 20.2. The van der Waals surface area contributed by atoms with Crippen molar-refractivity contribution in [2.75, 3.05) is 7.11 Å². The minimum absolute atomic E-state index is 0.257. The van der Waals surface area contributed by atoms with Gasteiger partial charge in [0.25, 0.3) is 0 Å². The van der Waals surface area contributed by atoms with Crippen LogP contribution in [0.4, 0.5) is 4.39 Å².